The third-order valence-corrected chi connectivity index (χ3v) is 4.62. The van der Waals surface area contributed by atoms with Gasteiger partial charge in [0, 0.05) is 6.54 Å². The van der Waals surface area contributed by atoms with Gasteiger partial charge in [-0.25, -0.2) is 4.98 Å². The Bertz CT molecular complexity index is 653. The number of benzene rings is 1. The molecule has 4 nitrogen and oxygen atoms in total. The number of nitrogens with one attached hydrogen (secondary N) is 2. The summed E-state index contributed by atoms with van der Waals surface area (Å²) in [6.45, 7) is 3.90. The lowest BCUT2D eigenvalue weighted by Gasteiger charge is -2.41. The second kappa shape index (κ2) is 5.37. The third kappa shape index (κ3) is 2.48. The average molecular weight is 271 g/mol. The van der Waals surface area contributed by atoms with Crippen LogP contribution in [-0.4, -0.2) is 16.5 Å². The molecule has 1 aliphatic rings. The van der Waals surface area contributed by atoms with Gasteiger partial charge in [0.15, 0.2) is 0 Å². The van der Waals surface area contributed by atoms with Crippen LogP contribution in [0.1, 0.15) is 38.4 Å². The molecular weight excluding hydrogens is 250 g/mol. The lowest BCUT2D eigenvalue weighted by molar-refractivity contribution is 0.123. The first-order valence-electron chi connectivity index (χ1n) is 7.41. The van der Waals surface area contributed by atoms with E-state index in [2.05, 4.69) is 22.2 Å². The molecule has 1 fully saturated rings. The zero-order valence-corrected chi connectivity index (χ0v) is 11.9. The summed E-state index contributed by atoms with van der Waals surface area (Å²) >= 11 is 0. The highest BCUT2D eigenvalue weighted by molar-refractivity contribution is 5.77. The van der Waals surface area contributed by atoms with Crippen LogP contribution in [0.15, 0.2) is 29.1 Å². The van der Waals surface area contributed by atoms with Crippen LogP contribution in [-0.2, 0) is 6.54 Å². The monoisotopic (exact) mass is 271 g/mol. The van der Waals surface area contributed by atoms with Gasteiger partial charge in [0.25, 0.3) is 5.56 Å². The molecule has 0 amide bonds. The van der Waals surface area contributed by atoms with E-state index in [4.69, 9.17) is 0 Å². The molecular formula is C16H21N3O. The van der Waals surface area contributed by atoms with Crippen molar-refractivity contribution in [1.29, 1.82) is 0 Å². The molecule has 2 aromatic rings. The molecule has 0 radical (unpaired) electrons. The van der Waals surface area contributed by atoms with Gasteiger partial charge in [-0.1, -0.05) is 25.5 Å². The Morgan fingerprint density at radius 1 is 1.35 bits per heavy atom. The first-order valence-corrected chi connectivity index (χ1v) is 7.41. The molecule has 4 heteroatoms. The van der Waals surface area contributed by atoms with Crippen molar-refractivity contribution in [2.45, 2.75) is 39.2 Å². The Labute approximate surface area is 118 Å². The molecule has 0 bridgehead atoms. The molecule has 1 aromatic carbocycles. The van der Waals surface area contributed by atoms with E-state index in [1.54, 1.807) is 6.07 Å². The maximum absolute atomic E-state index is 12.0. The van der Waals surface area contributed by atoms with Crippen LogP contribution in [0.3, 0.4) is 0 Å². The highest BCUT2D eigenvalue weighted by atomic mass is 16.1. The second-order valence-corrected chi connectivity index (χ2v) is 5.84. The lowest BCUT2D eigenvalue weighted by Crippen LogP contribution is -2.39. The van der Waals surface area contributed by atoms with Crippen LogP contribution in [0, 0.1) is 5.41 Å². The number of rotatable bonds is 5. The Morgan fingerprint density at radius 3 is 2.85 bits per heavy atom. The van der Waals surface area contributed by atoms with Gasteiger partial charge >= 0.3 is 0 Å². The lowest BCUT2D eigenvalue weighted by atomic mass is 9.67. The van der Waals surface area contributed by atoms with Gasteiger partial charge in [0.2, 0.25) is 0 Å². The largest absolute Gasteiger partial charge is 0.309 e. The average Bonchev–Trinajstić information content (AvgIpc) is 2.42. The highest BCUT2D eigenvalue weighted by Crippen LogP contribution is 2.43. The molecule has 1 saturated carbocycles. The van der Waals surface area contributed by atoms with Gasteiger partial charge in [-0.05, 0) is 36.8 Å². The molecule has 20 heavy (non-hydrogen) atoms. The second-order valence-electron chi connectivity index (χ2n) is 5.84. The van der Waals surface area contributed by atoms with Gasteiger partial charge in [-0.3, -0.25) is 4.79 Å². The predicted octanol–water partition coefficient (Wildman–Crippen LogP) is 2.59. The quantitative estimate of drug-likeness (QED) is 0.878. The minimum absolute atomic E-state index is 0.0544. The van der Waals surface area contributed by atoms with Crippen molar-refractivity contribution in [3.63, 3.8) is 0 Å². The van der Waals surface area contributed by atoms with E-state index >= 15 is 0 Å². The van der Waals surface area contributed by atoms with Crippen molar-refractivity contribution in [1.82, 2.24) is 15.3 Å². The summed E-state index contributed by atoms with van der Waals surface area (Å²) in [5.41, 5.74) is 1.19. The minimum Gasteiger partial charge on any atom is -0.309 e. The third-order valence-electron chi connectivity index (χ3n) is 4.62. The van der Waals surface area contributed by atoms with Crippen molar-refractivity contribution >= 4 is 10.9 Å². The summed E-state index contributed by atoms with van der Waals surface area (Å²) in [5, 5.41) is 4.11. The van der Waals surface area contributed by atoms with Gasteiger partial charge < -0.3 is 10.3 Å². The zero-order chi connectivity index (χ0) is 14.0. The molecule has 0 unspecified atom stereocenters. The summed E-state index contributed by atoms with van der Waals surface area (Å²) < 4.78 is 0. The maximum atomic E-state index is 12.0. The number of fused-ring (bicyclic) bond motifs is 1. The topological polar surface area (TPSA) is 57.8 Å². The Hall–Kier alpha value is -1.68. The molecule has 0 atom stereocenters. The molecule has 0 spiro atoms. The normalized spacial score (nSPS) is 17.1. The van der Waals surface area contributed by atoms with E-state index in [0.29, 0.717) is 17.3 Å². The smallest absolute Gasteiger partial charge is 0.258 e. The number of aromatic nitrogens is 2. The Balaban J connectivity index is 1.70. The summed E-state index contributed by atoms with van der Waals surface area (Å²) in [6.07, 6.45) is 5.21. The SMILES string of the molecule is CCC1(CNCc2nc3ccccc3c(=O)[nH]2)CCC1. The first-order chi connectivity index (χ1) is 9.72. The summed E-state index contributed by atoms with van der Waals surface area (Å²) in [6, 6.07) is 7.46. The number of aromatic amines is 1. The molecule has 106 valence electrons. The van der Waals surface area contributed by atoms with Gasteiger partial charge in [-0.2, -0.15) is 0 Å². The van der Waals surface area contributed by atoms with Crippen LogP contribution >= 0.6 is 0 Å². The highest BCUT2D eigenvalue weighted by Gasteiger charge is 2.34. The van der Waals surface area contributed by atoms with Gasteiger partial charge in [-0.15, -0.1) is 0 Å². The Kier molecular flexibility index (Phi) is 3.57. The van der Waals surface area contributed by atoms with E-state index in [9.17, 15) is 4.79 Å². The van der Waals surface area contributed by atoms with Gasteiger partial charge in [0.1, 0.15) is 5.82 Å². The molecule has 1 aromatic heterocycles. The van der Waals surface area contributed by atoms with Crippen LogP contribution in [0.2, 0.25) is 0 Å². The molecule has 1 aliphatic carbocycles. The van der Waals surface area contributed by atoms with Gasteiger partial charge in [0.05, 0.1) is 17.4 Å². The van der Waals surface area contributed by atoms with Crippen molar-refractivity contribution in [3.8, 4) is 0 Å². The van der Waals surface area contributed by atoms with E-state index in [-0.39, 0.29) is 5.56 Å². The number of para-hydroxylation sites is 1. The molecule has 0 aliphatic heterocycles. The molecule has 2 N–H and O–H groups in total. The van der Waals surface area contributed by atoms with Crippen molar-refractivity contribution in [2.75, 3.05) is 6.54 Å². The van der Waals surface area contributed by atoms with Crippen LogP contribution in [0.5, 0.6) is 0 Å². The summed E-state index contributed by atoms with van der Waals surface area (Å²) in [5.74, 6) is 0.722. The van der Waals surface area contributed by atoms with Crippen molar-refractivity contribution in [2.24, 2.45) is 5.41 Å². The summed E-state index contributed by atoms with van der Waals surface area (Å²) in [7, 11) is 0. The minimum atomic E-state index is -0.0544. The fourth-order valence-electron chi connectivity index (χ4n) is 3.00. The van der Waals surface area contributed by atoms with Crippen LogP contribution < -0.4 is 10.9 Å². The van der Waals surface area contributed by atoms with Crippen LogP contribution in [0.4, 0.5) is 0 Å². The fraction of sp³-hybridized carbons (Fsp3) is 0.500. The van der Waals surface area contributed by atoms with E-state index in [0.717, 1.165) is 17.9 Å². The Morgan fingerprint density at radius 2 is 2.15 bits per heavy atom. The van der Waals surface area contributed by atoms with Crippen molar-refractivity contribution in [3.05, 3.63) is 40.4 Å². The van der Waals surface area contributed by atoms with Crippen LogP contribution in [0.25, 0.3) is 10.9 Å². The molecule has 1 heterocycles. The zero-order valence-electron chi connectivity index (χ0n) is 11.9. The number of hydrogen-bond donors (Lipinski definition) is 2. The standard InChI is InChI=1S/C16H21N3O/c1-2-16(8-5-9-16)11-17-10-14-18-13-7-4-3-6-12(13)15(20)19-14/h3-4,6-7,17H,2,5,8-11H2,1H3,(H,18,19,20). The predicted molar refractivity (Wildman–Crippen MR) is 80.6 cm³/mol. The first kappa shape index (κ1) is 13.3. The molecule has 0 saturated heterocycles. The number of nitrogens with zero attached hydrogens (tertiary/aromatic N) is 1. The number of H-pyrrole nitrogens is 1. The molecule has 3 rings (SSSR count). The van der Waals surface area contributed by atoms with Crippen molar-refractivity contribution < 1.29 is 0 Å². The maximum Gasteiger partial charge on any atom is 0.258 e. The van der Waals surface area contributed by atoms with E-state index < -0.39 is 0 Å². The van der Waals surface area contributed by atoms with E-state index in [1.807, 2.05) is 18.2 Å². The summed E-state index contributed by atoms with van der Waals surface area (Å²) in [4.78, 5) is 19.3. The number of hydrogen-bond acceptors (Lipinski definition) is 3. The van der Waals surface area contributed by atoms with E-state index in [1.165, 1.54) is 25.7 Å². The fourth-order valence-corrected chi connectivity index (χ4v) is 3.00.